The molecule has 1 aromatic rings. The summed E-state index contributed by atoms with van der Waals surface area (Å²) in [5.41, 5.74) is -0.0906. The van der Waals surface area contributed by atoms with Gasteiger partial charge in [0.15, 0.2) is 5.78 Å². The van der Waals surface area contributed by atoms with Crippen molar-refractivity contribution in [3.8, 4) is 0 Å². The highest BCUT2D eigenvalue weighted by atomic mass is 32.2. The fourth-order valence-electron chi connectivity index (χ4n) is 1.70. The van der Waals surface area contributed by atoms with Gasteiger partial charge < -0.3 is 9.47 Å². The Morgan fingerprint density at radius 2 is 1.78 bits per heavy atom. The van der Waals surface area contributed by atoms with E-state index in [-0.39, 0.29) is 11.4 Å². The molecule has 0 heterocycles. The molecule has 0 aliphatic rings. The lowest BCUT2D eigenvalue weighted by molar-refractivity contribution is -0.139. The molecule has 0 atom stereocenters. The normalized spacial score (nSPS) is 12.2. The number of carbonyl (C=O) groups excluding carboxylic acids is 1. The molecule has 0 unspecified atom stereocenters. The SMILES string of the molecule is COC(C)(C)CCOC(C)(C)C(=O)CSC(=S)c1ccccc1. The summed E-state index contributed by atoms with van der Waals surface area (Å²) in [6.07, 6.45) is 0.732. The van der Waals surface area contributed by atoms with Crippen LogP contribution in [0.4, 0.5) is 0 Å². The minimum atomic E-state index is -0.816. The Kier molecular flexibility index (Phi) is 7.87. The van der Waals surface area contributed by atoms with E-state index in [4.69, 9.17) is 21.7 Å². The van der Waals surface area contributed by atoms with Crippen LogP contribution in [0.5, 0.6) is 0 Å². The summed E-state index contributed by atoms with van der Waals surface area (Å²) in [5, 5.41) is 0. The Balaban J connectivity index is 2.44. The molecule has 3 nitrogen and oxygen atoms in total. The lowest BCUT2D eigenvalue weighted by Crippen LogP contribution is -2.38. The predicted molar refractivity (Wildman–Crippen MR) is 101 cm³/mol. The van der Waals surface area contributed by atoms with Crippen LogP contribution in [0.15, 0.2) is 30.3 Å². The average molecular weight is 355 g/mol. The van der Waals surface area contributed by atoms with Crippen molar-refractivity contribution in [2.24, 2.45) is 0 Å². The molecule has 23 heavy (non-hydrogen) atoms. The first kappa shape index (κ1) is 20.3. The minimum Gasteiger partial charge on any atom is -0.379 e. The Bertz CT molecular complexity index is 524. The van der Waals surface area contributed by atoms with Gasteiger partial charge in [0, 0.05) is 7.11 Å². The number of hydrogen-bond acceptors (Lipinski definition) is 5. The highest BCUT2D eigenvalue weighted by Gasteiger charge is 2.29. The Morgan fingerprint density at radius 3 is 2.35 bits per heavy atom. The molecule has 1 rings (SSSR count). The van der Waals surface area contributed by atoms with E-state index in [1.54, 1.807) is 21.0 Å². The quantitative estimate of drug-likeness (QED) is 0.619. The molecule has 5 heteroatoms. The van der Waals surface area contributed by atoms with Crippen molar-refractivity contribution in [3.63, 3.8) is 0 Å². The van der Waals surface area contributed by atoms with E-state index in [1.165, 1.54) is 11.8 Å². The van der Waals surface area contributed by atoms with Crippen LogP contribution in [0.25, 0.3) is 0 Å². The minimum absolute atomic E-state index is 0.0380. The summed E-state index contributed by atoms with van der Waals surface area (Å²) in [7, 11) is 1.68. The van der Waals surface area contributed by atoms with Gasteiger partial charge in [0.05, 0.1) is 22.2 Å². The number of thiocarbonyl (C=S) groups is 1. The van der Waals surface area contributed by atoms with Crippen molar-refractivity contribution in [2.45, 2.75) is 45.3 Å². The van der Waals surface area contributed by atoms with Crippen molar-refractivity contribution in [2.75, 3.05) is 19.5 Å². The van der Waals surface area contributed by atoms with Crippen LogP contribution in [-0.2, 0) is 14.3 Å². The van der Waals surface area contributed by atoms with Gasteiger partial charge in [0.25, 0.3) is 0 Å². The third-order valence-electron chi connectivity index (χ3n) is 3.73. The predicted octanol–water partition coefficient (Wildman–Crippen LogP) is 4.27. The van der Waals surface area contributed by atoms with E-state index in [9.17, 15) is 4.79 Å². The summed E-state index contributed by atoms with van der Waals surface area (Å²) in [4.78, 5) is 12.4. The summed E-state index contributed by atoms with van der Waals surface area (Å²) in [6, 6.07) is 9.73. The van der Waals surface area contributed by atoms with Crippen LogP contribution in [0, 0.1) is 0 Å². The molecule has 0 bridgehead atoms. The van der Waals surface area contributed by atoms with E-state index in [1.807, 2.05) is 44.2 Å². The molecule has 0 spiro atoms. The fourth-order valence-corrected chi connectivity index (χ4v) is 2.92. The number of Topliss-reactive ketones (excluding diaryl/α,β-unsaturated/α-hetero) is 1. The first-order chi connectivity index (χ1) is 10.7. The summed E-state index contributed by atoms with van der Waals surface area (Å²) in [5.74, 6) is 0.352. The van der Waals surface area contributed by atoms with Gasteiger partial charge in [-0.3, -0.25) is 4.79 Å². The molecule has 0 aliphatic heterocycles. The fraction of sp³-hybridized carbons (Fsp3) is 0.556. The lowest BCUT2D eigenvalue weighted by Gasteiger charge is -2.27. The molecule has 0 aliphatic carbocycles. The van der Waals surface area contributed by atoms with Crippen molar-refractivity contribution in [1.82, 2.24) is 0 Å². The molecular weight excluding hydrogens is 328 g/mol. The maximum absolute atomic E-state index is 12.4. The highest BCUT2D eigenvalue weighted by Crippen LogP contribution is 2.21. The smallest absolute Gasteiger partial charge is 0.174 e. The Hall–Kier alpha value is -0.750. The third kappa shape index (κ3) is 7.12. The maximum atomic E-state index is 12.4. The molecular formula is C18H26O3S2. The second-order valence-electron chi connectivity index (χ2n) is 6.44. The number of rotatable bonds is 9. The van der Waals surface area contributed by atoms with Crippen LogP contribution in [0.1, 0.15) is 39.7 Å². The summed E-state index contributed by atoms with van der Waals surface area (Å²) in [6.45, 7) is 8.09. The van der Waals surface area contributed by atoms with Gasteiger partial charge >= 0.3 is 0 Å². The van der Waals surface area contributed by atoms with E-state index in [0.717, 1.165) is 16.2 Å². The monoisotopic (exact) mass is 354 g/mol. The molecule has 0 fully saturated rings. The van der Waals surface area contributed by atoms with Crippen LogP contribution in [0.2, 0.25) is 0 Å². The number of ketones is 1. The largest absolute Gasteiger partial charge is 0.379 e. The van der Waals surface area contributed by atoms with Gasteiger partial charge in [0.1, 0.15) is 5.60 Å². The van der Waals surface area contributed by atoms with E-state index < -0.39 is 5.60 Å². The molecule has 0 aromatic heterocycles. The second-order valence-corrected chi connectivity index (χ2v) is 8.09. The number of carbonyl (C=O) groups is 1. The lowest BCUT2D eigenvalue weighted by atomic mass is 10.0. The van der Waals surface area contributed by atoms with Crippen LogP contribution < -0.4 is 0 Å². The standard InChI is InChI=1S/C18H26O3S2/c1-17(2,20-5)11-12-21-18(3,4)15(19)13-23-16(22)14-9-7-6-8-10-14/h6-10H,11-13H2,1-5H3. The highest BCUT2D eigenvalue weighted by molar-refractivity contribution is 8.24. The zero-order valence-corrected chi connectivity index (χ0v) is 16.2. The number of hydrogen-bond donors (Lipinski definition) is 0. The zero-order chi connectivity index (χ0) is 17.5. The zero-order valence-electron chi connectivity index (χ0n) is 14.5. The van der Waals surface area contributed by atoms with E-state index in [0.29, 0.717) is 12.4 Å². The first-order valence-corrected chi connectivity index (χ1v) is 9.02. The molecule has 0 saturated heterocycles. The second kappa shape index (κ2) is 8.92. The Labute approximate surface area is 149 Å². The van der Waals surface area contributed by atoms with Crippen LogP contribution in [-0.4, -0.2) is 40.7 Å². The van der Waals surface area contributed by atoms with Crippen molar-refractivity contribution < 1.29 is 14.3 Å². The molecule has 1 aromatic carbocycles. The Morgan fingerprint density at radius 1 is 1.17 bits per heavy atom. The average Bonchev–Trinajstić information content (AvgIpc) is 2.52. The molecule has 0 amide bonds. The van der Waals surface area contributed by atoms with Crippen molar-refractivity contribution in [3.05, 3.63) is 35.9 Å². The molecule has 128 valence electrons. The van der Waals surface area contributed by atoms with E-state index >= 15 is 0 Å². The van der Waals surface area contributed by atoms with Crippen LogP contribution >= 0.6 is 24.0 Å². The number of methoxy groups -OCH3 is 1. The van der Waals surface area contributed by atoms with Gasteiger partial charge in [-0.2, -0.15) is 0 Å². The molecule has 0 N–H and O–H groups in total. The molecule has 0 saturated carbocycles. The van der Waals surface area contributed by atoms with Gasteiger partial charge in [-0.05, 0) is 39.7 Å². The third-order valence-corrected chi connectivity index (χ3v) is 5.23. The van der Waals surface area contributed by atoms with Gasteiger partial charge in [0.2, 0.25) is 0 Å². The van der Waals surface area contributed by atoms with Gasteiger partial charge in [-0.15, -0.1) is 11.8 Å². The topological polar surface area (TPSA) is 35.5 Å². The van der Waals surface area contributed by atoms with Gasteiger partial charge in [-0.25, -0.2) is 0 Å². The van der Waals surface area contributed by atoms with E-state index in [2.05, 4.69) is 0 Å². The number of benzene rings is 1. The van der Waals surface area contributed by atoms with Gasteiger partial charge in [-0.1, -0.05) is 42.5 Å². The van der Waals surface area contributed by atoms with Crippen molar-refractivity contribution >= 4 is 34.0 Å². The summed E-state index contributed by atoms with van der Waals surface area (Å²) >= 11 is 6.75. The molecule has 0 radical (unpaired) electrons. The maximum Gasteiger partial charge on any atom is 0.174 e. The summed E-state index contributed by atoms with van der Waals surface area (Å²) < 4.78 is 11.9. The van der Waals surface area contributed by atoms with Crippen molar-refractivity contribution in [1.29, 1.82) is 0 Å². The van der Waals surface area contributed by atoms with Crippen LogP contribution in [0.3, 0.4) is 0 Å². The number of ether oxygens (including phenoxy) is 2. The number of thioether (sulfide) groups is 1. The first-order valence-electron chi connectivity index (χ1n) is 7.62.